The number of rotatable bonds is 5. The van der Waals surface area contributed by atoms with E-state index >= 15 is 0 Å². The zero-order valence-corrected chi connectivity index (χ0v) is 12.8. The van der Waals surface area contributed by atoms with Crippen LogP contribution in [0.1, 0.15) is 38.2 Å². The van der Waals surface area contributed by atoms with E-state index in [0.717, 1.165) is 0 Å². The van der Waals surface area contributed by atoms with Crippen molar-refractivity contribution in [3.8, 4) is 0 Å². The third kappa shape index (κ3) is 5.07. The number of nitrogens with zero attached hydrogens (tertiary/aromatic N) is 1. The number of nitrogens with two attached hydrogens (primary N) is 1. The molecule has 1 rings (SSSR count). The fourth-order valence-electron chi connectivity index (χ4n) is 1.73. The maximum Gasteiger partial charge on any atom is 0.331 e. The number of amides is 1. The van der Waals surface area contributed by atoms with Crippen LogP contribution in [0.25, 0.3) is 0 Å². The van der Waals surface area contributed by atoms with Crippen LogP contribution in [-0.2, 0) is 14.3 Å². The Morgan fingerprint density at radius 1 is 1.43 bits per heavy atom. The molecule has 0 spiro atoms. The quantitative estimate of drug-likeness (QED) is 0.770. The van der Waals surface area contributed by atoms with Crippen LogP contribution in [0.5, 0.6) is 0 Å². The Morgan fingerprint density at radius 2 is 2.05 bits per heavy atom. The normalized spacial score (nSPS) is 14.3. The lowest BCUT2D eigenvalue weighted by molar-refractivity contribution is -0.150. The predicted molar refractivity (Wildman–Crippen MR) is 74.5 cm³/mol. The first kappa shape index (κ1) is 17.0. The first-order valence-electron chi connectivity index (χ1n) is 6.42. The van der Waals surface area contributed by atoms with Crippen LogP contribution in [-0.4, -0.2) is 41.7 Å². The van der Waals surface area contributed by atoms with Gasteiger partial charge in [-0.1, -0.05) is 0 Å². The Balaban J connectivity index is 2.83. The Bertz CT molecular complexity index is 506. The molecule has 0 saturated carbocycles. The maximum atomic E-state index is 12.0. The lowest BCUT2D eigenvalue weighted by atomic mass is 10.1. The lowest BCUT2D eigenvalue weighted by Crippen LogP contribution is -2.50. The molecule has 1 heterocycles. The van der Waals surface area contributed by atoms with Gasteiger partial charge in [-0.25, -0.2) is 9.78 Å². The van der Waals surface area contributed by atoms with Gasteiger partial charge in [-0.3, -0.25) is 4.79 Å². The van der Waals surface area contributed by atoms with E-state index in [0.29, 0.717) is 0 Å². The van der Waals surface area contributed by atoms with Crippen LogP contribution in [0, 0.1) is 0 Å². The molecule has 1 aromatic heterocycles. The third-order valence-corrected chi connectivity index (χ3v) is 2.50. The molecule has 1 amide bonds. The molecule has 0 unspecified atom stereocenters. The number of aromatic nitrogens is 1. The fourth-order valence-corrected chi connectivity index (χ4v) is 1.73. The highest BCUT2D eigenvalue weighted by Gasteiger charge is 2.32. The Hall–Kier alpha value is -2.09. The first-order chi connectivity index (χ1) is 9.64. The van der Waals surface area contributed by atoms with E-state index in [4.69, 9.17) is 14.9 Å². The monoisotopic (exact) mass is 299 g/mol. The number of ether oxygens (including phenoxy) is 2. The molecule has 0 aliphatic carbocycles. The molecule has 1 aromatic rings. The Morgan fingerprint density at radius 3 is 2.48 bits per heavy atom. The summed E-state index contributed by atoms with van der Waals surface area (Å²) in [7, 11) is 1.23. The minimum Gasteiger partial charge on any atom is -0.467 e. The molecule has 0 aliphatic heterocycles. The van der Waals surface area contributed by atoms with Gasteiger partial charge in [0.1, 0.15) is 0 Å². The van der Waals surface area contributed by atoms with Crippen LogP contribution in [0.4, 0.5) is 6.01 Å². The molecule has 0 aliphatic rings. The van der Waals surface area contributed by atoms with Gasteiger partial charge in [0, 0.05) is 0 Å². The molecule has 0 bridgehead atoms. The highest BCUT2D eigenvalue weighted by Crippen LogP contribution is 2.14. The van der Waals surface area contributed by atoms with Crippen molar-refractivity contribution in [3.63, 3.8) is 0 Å². The Kier molecular flexibility index (Phi) is 5.31. The number of carbonyl (C=O) groups is 2. The summed E-state index contributed by atoms with van der Waals surface area (Å²) in [6, 6.07) is -1.11. The van der Waals surface area contributed by atoms with E-state index in [1.165, 1.54) is 13.3 Å². The molecular formula is C13H21N3O5. The number of hydrogen-bond donors (Lipinski definition) is 2. The molecular weight excluding hydrogens is 278 g/mol. The number of oxazole rings is 1. The number of nitrogens with one attached hydrogen (secondary N) is 1. The third-order valence-electron chi connectivity index (χ3n) is 2.50. The van der Waals surface area contributed by atoms with Gasteiger partial charge < -0.3 is 24.9 Å². The van der Waals surface area contributed by atoms with Gasteiger partial charge >= 0.3 is 5.97 Å². The number of esters is 1. The summed E-state index contributed by atoms with van der Waals surface area (Å²) in [5.41, 5.74) is 4.82. The van der Waals surface area contributed by atoms with Crippen molar-refractivity contribution in [2.24, 2.45) is 0 Å². The van der Waals surface area contributed by atoms with E-state index in [2.05, 4.69) is 15.0 Å². The number of carbonyl (C=O) groups excluding carboxylic acids is 2. The molecule has 8 nitrogen and oxygen atoms in total. The summed E-state index contributed by atoms with van der Waals surface area (Å²) < 4.78 is 15.3. The zero-order valence-electron chi connectivity index (χ0n) is 12.8. The summed E-state index contributed by atoms with van der Waals surface area (Å²) in [6.45, 7) is 7.20. The van der Waals surface area contributed by atoms with Crippen molar-refractivity contribution in [2.75, 3.05) is 12.8 Å². The van der Waals surface area contributed by atoms with E-state index < -0.39 is 29.6 Å². The topological polar surface area (TPSA) is 117 Å². The van der Waals surface area contributed by atoms with Crippen LogP contribution in [0.2, 0.25) is 0 Å². The fraction of sp³-hybridized carbons (Fsp3) is 0.615. The molecule has 0 aromatic carbocycles. The van der Waals surface area contributed by atoms with Gasteiger partial charge in [0.05, 0.1) is 25.0 Å². The number of anilines is 1. The zero-order chi connectivity index (χ0) is 16.2. The van der Waals surface area contributed by atoms with Gasteiger partial charge in [0.25, 0.3) is 11.9 Å². The number of methoxy groups -OCH3 is 1. The molecule has 0 radical (unpaired) electrons. The van der Waals surface area contributed by atoms with Crippen molar-refractivity contribution in [1.29, 1.82) is 0 Å². The average Bonchev–Trinajstić information content (AvgIpc) is 2.79. The smallest absolute Gasteiger partial charge is 0.331 e. The van der Waals surface area contributed by atoms with Crippen molar-refractivity contribution >= 4 is 17.9 Å². The minimum absolute atomic E-state index is 0.0932. The highest BCUT2D eigenvalue weighted by molar-refractivity contribution is 5.94. The lowest BCUT2D eigenvalue weighted by Gasteiger charge is -2.29. The molecule has 8 heteroatoms. The average molecular weight is 299 g/mol. The van der Waals surface area contributed by atoms with E-state index in [1.807, 2.05) is 20.8 Å². The largest absolute Gasteiger partial charge is 0.467 e. The van der Waals surface area contributed by atoms with Crippen LogP contribution < -0.4 is 11.1 Å². The minimum atomic E-state index is -0.979. The van der Waals surface area contributed by atoms with E-state index in [1.54, 1.807) is 6.92 Å². The van der Waals surface area contributed by atoms with Crippen molar-refractivity contribution < 1.29 is 23.5 Å². The van der Waals surface area contributed by atoms with Gasteiger partial charge in [-0.15, -0.1) is 0 Å². The van der Waals surface area contributed by atoms with Gasteiger partial charge in [0.2, 0.25) is 5.76 Å². The summed E-state index contributed by atoms with van der Waals surface area (Å²) in [6.07, 6.45) is 0.579. The van der Waals surface area contributed by atoms with Crippen LogP contribution in [0.3, 0.4) is 0 Å². The van der Waals surface area contributed by atoms with Crippen molar-refractivity contribution in [3.05, 3.63) is 12.0 Å². The number of hydrogen-bond acceptors (Lipinski definition) is 7. The summed E-state index contributed by atoms with van der Waals surface area (Å²) in [5.74, 6) is -1.34. The van der Waals surface area contributed by atoms with E-state index in [-0.39, 0.29) is 11.8 Å². The van der Waals surface area contributed by atoms with Gasteiger partial charge in [0.15, 0.2) is 6.04 Å². The second-order valence-electron chi connectivity index (χ2n) is 5.47. The summed E-state index contributed by atoms with van der Waals surface area (Å²) in [5, 5.41) is 2.49. The molecule has 0 fully saturated rings. The highest BCUT2D eigenvalue weighted by atomic mass is 16.5. The first-order valence-corrected chi connectivity index (χ1v) is 6.42. The summed E-state index contributed by atoms with van der Waals surface area (Å²) >= 11 is 0. The maximum absolute atomic E-state index is 12.0. The molecule has 118 valence electrons. The van der Waals surface area contributed by atoms with Crippen molar-refractivity contribution in [2.45, 2.75) is 45.4 Å². The van der Waals surface area contributed by atoms with Crippen LogP contribution >= 0.6 is 0 Å². The van der Waals surface area contributed by atoms with Gasteiger partial charge in [-0.05, 0) is 27.7 Å². The standard InChI is InChI=1S/C13H21N3O5/c1-7(21-13(2,3)4)9(11(18)19-5)16-10(17)8-6-15-12(14)20-8/h6-7,9H,1-5H3,(H2,14,15)(H,16,17)/t7-,9+/m0/s1. The van der Waals surface area contributed by atoms with Crippen LogP contribution in [0.15, 0.2) is 10.6 Å². The second kappa shape index (κ2) is 6.57. The summed E-state index contributed by atoms with van der Waals surface area (Å²) in [4.78, 5) is 27.4. The second-order valence-corrected chi connectivity index (χ2v) is 5.47. The molecule has 0 saturated heterocycles. The van der Waals surface area contributed by atoms with E-state index in [9.17, 15) is 9.59 Å². The predicted octanol–water partition coefficient (Wildman–Crippen LogP) is 0.732. The Labute approximate surface area is 123 Å². The number of nitrogen functional groups attached to an aromatic ring is 1. The molecule has 2 atom stereocenters. The molecule has 3 N–H and O–H groups in total. The van der Waals surface area contributed by atoms with Gasteiger partial charge in [-0.2, -0.15) is 0 Å². The molecule has 21 heavy (non-hydrogen) atoms. The SMILES string of the molecule is COC(=O)[C@H](NC(=O)c1cnc(N)o1)[C@H](C)OC(C)(C)C. The van der Waals surface area contributed by atoms with Crippen molar-refractivity contribution in [1.82, 2.24) is 10.3 Å².